The van der Waals surface area contributed by atoms with Crippen molar-refractivity contribution in [2.75, 3.05) is 40.0 Å². The lowest BCUT2D eigenvalue weighted by molar-refractivity contribution is 0.0733. The van der Waals surface area contributed by atoms with Crippen molar-refractivity contribution in [3.8, 4) is 0 Å². The van der Waals surface area contributed by atoms with E-state index in [9.17, 15) is 4.39 Å². The van der Waals surface area contributed by atoms with Gasteiger partial charge in [-0.15, -0.1) is 0 Å². The van der Waals surface area contributed by atoms with Crippen molar-refractivity contribution in [2.45, 2.75) is 13.5 Å². The lowest BCUT2D eigenvalue weighted by Crippen LogP contribution is -2.39. The molecule has 0 bridgehead atoms. The molecule has 0 atom stereocenters. The first-order chi connectivity index (χ1) is 10.3. The van der Waals surface area contributed by atoms with E-state index >= 15 is 0 Å². The highest BCUT2D eigenvalue weighted by Gasteiger charge is 1.98. The van der Waals surface area contributed by atoms with E-state index in [0.29, 0.717) is 38.9 Å². The minimum atomic E-state index is -0.243. The molecule has 0 spiro atoms. The monoisotopic (exact) mass is 297 g/mol. The second-order valence-corrected chi connectivity index (χ2v) is 4.36. The summed E-state index contributed by atoms with van der Waals surface area (Å²) in [4.78, 5) is 4.41. The maximum Gasteiger partial charge on any atom is 0.191 e. The average molecular weight is 297 g/mol. The number of ether oxygens (including phenoxy) is 2. The summed E-state index contributed by atoms with van der Waals surface area (Å²) in [6.07, 6.45) is 0. The van der Waals surface area contributed by atoms with Crippen molar-refractivity contribution in [3.63, 3.8) is 0 Å². The van der Waals surface area contributed by atoms with Crippen LogP contribution in [0.25, 0.3) is 0 Å². The Kier molecular flexibility index (Phi) is 9.15. The Hall–Kier alpha value is -1.66. The van der Waals surface area contributed by atoms with E-state index in [2.05, 4.69) is 15.6 Å². The third kappa shape index (κ3) is 8.27. The fourth-order valence-electron chi connectivity index (χ4n) is 1.63. The quantitative estimate of drug-likeness (QED) is 0.412. The van der Waals surface area contributed by atoms with E-state index in [1.54, 1.807) is 13.2 Å². The van der Waals surface area contributed by atoms with Crippen molar-refractivity contribution in [1.29, 1.82) is 0 Å². The lowest BCUT2D eigenvalue weighted by atomic mass is 10.2. The minimum absolute atomic E-state index is 0.243. The molecule has 1 aromatic rings. The van der Waals surface area contributed by atoms with Crippen LogP contribution >= 0.6 is 0 Å². The number of benzene rings is 1. The van der Waals surface area contributed by atoms with Crippen LogP contribution in [0.1, 0.15) is 12.5 Å². The van der Waals surface area contributed by atoms with Crippen LogP contribution in [-0.4, -0.2) is 46.0 Å². The van der Waals surface area contributed by atoms with Gasteiger partial charge in [0.05, 0.1) is 26.4 Å². The molecule has 0 saturated heterocycles. The molecule has 0 aliphatic rings. The molecule has 21 heavy (non-hydrogen) atoms. The normalized spacial score (nSPS) is 11.5. The lowest BCUT2D eigenvalue weighted by Gasteiger charge is -2.11. The average Bonchev–Trinajstić information content (AvgIpc) is 2.48. The first-order valence-corrected chi connectivity index (χ1v) is 7.09. The van der Waals surface area contributed by atoms with Crippen LogP contribution in [0, 0.1) is 5.82 Å². The Morgan fingerprint density at radius 3 is 2.81 bits per heavy atom. The van der Waals surface area contributed by atoms with Gasteiger partial charge in [0, 0.05) is 20.2 Å². The third-order valence-corrected chi connectivity index (χ3v) is 2.62. The van der Waals surface area contributed by atoms with Gasteiger partial charge in [0.25, 0.3) is 0 Å². The summed E-state index contributed by atoms with van der Waals surface area (Å²) < 4.78 is 23.3. The highest BCUT2D eigenvalue weighted by Crippen LogP contribution is 2.04. The molecule has 0 aliphatic carbocycles. The SMILES string of the molecule is CCNC(=NCc1cccc(F)c1)NCCOCCOC. The van der Waals surface area contributed by atoms with Gasteiger partial charge >= 0.3 is 0 Å². The Balaban J connectivity index is 2.35. The Morgan fingerprint density at radius 1 is 1.24 bits per heavy atom. The summed E-state index contributed by atoms with van der Waals surface area (Å²) in [5.41, 5.74) is 0.837. The predicted molar refractivity (Wildman–Crippen MR) is 81.9 cm³/mol. The van der Waals surface area contributed by atoms with Gasteiger partial charge in [-0.05, 0) is 24.6 Å². The van der Waals surface area contributed by atoms with Crippen LogP contribution in [-0.2, 0) is 16.0 Å². The van der Waals surface area contributed by atoms with E-state index in [1.807, 2.05) is 13.0 Å². The van der Waals surface area contributed by atoms with E-state index < -0.39 is 0 Å². The molecule has 5 nitrogen and oxygen atoms in total. The number of hydrogen-bond acceptors (Lipinski definition) is 3. The van der Waals surface area contributed by atoms with Crippen LogP contribution in [0.4, 0.5) is 4.39 Å². The van der Waals surface area contributed by atoms with Gasteiger partial charge in [-0.1, -0.05) is 12.1 Å². The van der Waals surface area contributed by atoms with Crippen molar-refractivity contribution in [1.82, 2.24) is 10.6 Å². The van der Waals surface area contributed by atoms with Gasteiger partial charge in [-0.25, -0.2) is 9.38 Å². The van der Waals surface area contributed by atoms with Gasteiger partial charge in [0.2, 0.25) is 0 Å². The fraction of sp³-hybridized carbons (Fsp3) is 0.533. The number of rotatable bonds is 9. The molecule has 0 amide bonds. The summed E-state index contributed by atoms with van der Waals surface area (Å²) in [6, 6.07) is 6.45. The third-order valence-electron chi connectivity index (χ3n) is 2.62. The van der Waals surface area contributed by atoms with Crippen molar-refractivity contribution >= 4 is 5.96 Å². The molecule has 118 valence electrons. The van der Waals surface area contributed by atoms with Crippen LogP contribution in [0.2, 0.25) is 0 Å². The molecule has 1 rings (SSSR count). The topological polar surface area (TPSA) is 54.9 Å². The zero-order chi connectivity index (χ0) is 15.3. The molecule has 2 N–H and O–H groups in total. The van der Waals surface area contributed by atoms with Crippen molar-refractivity contribution in [3.05, 3.63) is 35.6 Å². The summed E-state index contributed by atoms with van der Waals surface area (Å²) >= 11 is 0. The number of nitrogens with one attached hydrogen (secondary N) is 2. The number of aliphatic imine (C=N–C) groups is 1. The number of hydrogen-bond donors (Lipinski definition) is 2. The van der Waals surface area contributed by atoms with Gasteiger partial charge in [0.1, 0.15) is 5.82 Å². The van der Waals surface area contributed by atoms with Crippen LogP contribution in [0.5, 0.6) is 0 Å². The van der Waals surface area contributed by atoms with E-state index in [-0.39, 0.29) is 5.82 Å². The highest BCUT2D eigenvalue weighted by atomic mass is 19.1. The van der Waals surface area contributed by atoms with Gasteiger partial charge in [-0.3, -0.25) is 0 Å². The Morgan fingerprint density at radius 2 is 2.10 bits per heavy atom. The molecule has 6 heteroatoms. The van der Waals surface area contributed by atoms with E-state index in [4.69, 9.17) is 9.47 Å². The molecule has 0 saturated carbocycles. The fourth-order valence-corrected chi connectivity index (χ4v) is 1.63. The van der Waals surface area contributed by atoms with Crippen molar-refractivity contribution in [2.24, 2.45) is 4.99 Å². The molecule has 1 aromatic carbocycles. The minimum Gasteiger partial charge on any atom is -0.382 e. The summed E-state index contributed by atoms with van der Waals surface area (Å²) in [7, 11) is 1.64. The van der Waals surface area contributed by atoms with Gasteiger partial charge in [-0.2, -0.15) is 0 Å². The largest absolute Gasteiger partial charge is 0.382 e. The smallest absolute Gasteiger partial charge is 0.191 e. The molecular weight excluding hydrogens is 273 g/mol. The summed E-state index contributed by atoms with van der Waals surface area (Å²) in [5, 5.41) is 6.30. The summed E-state index contributed by atoms with van der Waals surface area (Å²) in [6.45, 7) is 5.58. The molecule has 0 heterocycles. The number of methoxy groups -OCH3 is 1. The van der Waals surface area contributed by atoms with Crippen molar-refractivity contribution < 1.29 is 13.9 Å². The first kappa shape index (κ1) is 17.4. The Labute approximate surface area is 125 Å². The highest BCUT2D eigenvalue weighted by molar-refractivity contribution is 5.79. The molecule has 0 radical (unpaired) electrons. The number of halogens is 1. The van der Waals surface area contributed by atoms with Crippen LogP contribution in [0.15, 0.2) is 29.3 Å². The molecular formula is C15H24FN3O2. The van der Waals surface area contributed by atoms with Gasteiger partial charge < -0.3 is 20.1 Å². The Bertz CT molecular complexity index is 427. The predicted octanol–water partition coefficient (Wildman–Crippen LogP) is 1.54. The molecule has 0 fully saturated rings. The zero-order valence-electron chi connectivity index (χ0n) is 12.7. The maximum atomic E-state index is 13.1. The van der Waals surface area contributed by atoms with Crippen LogP contribution in [0.3, 0.4) is 0 Å². The number of nitrogens with zero attached hydrogens (tertiary/aromatic N) is 1. The second-order valence-electron chi connectivity index (χ2n) is 4.36. The maximum absolute atomic E-state index is 13.1. The standard InChI is InChI=1S/C15H24FN3O2/c1-3-17-15(18-7-8-21-10-9-20-2)19-12-13-5-4-6-14(16)11-13/h4-6,11H,3,7-10,12H2,1-2H3,(H2,17,18,19). The van der Waals surface area contributed by atoms with Gasteiger partial charge in [0.15, 0.2) is 5.96 Å². The second kappa shape index (κ2) is 11.0. The number of guanidine groups is 1. The molecule has 0 unspecified atom stereocenters. The van der Waals surface area contributed by atoms with E-state index in [1.165, 1.54) is 12.1 Å². The molecule has 0 aliphatic heterocycles. The first-order valence-electron chi connectivity index (χ1n) is 7.09. The molecule has 0 aromatic heterocycles. The van der Waals surface area contributed by atoms with E-state index in [0.717, 1.165) is 12.1 Å². The van der Waals surface area contributed by atoms with Crippen LogP contribution < -0.4 is 10.6 Å². The zero-order valence-corrected chi connectivity index (χ0v) is 12.7. The summed E-state index contributed by atoms with van der Waals surface area (Å²) in [5.74, 6) is 0.448.